The average molecular weight is 549 g/mol. The van der Waals surface area contributed by atoms with E-state index in [1.54, 1.807) is 0 Å². The molecule has 0 amide bonds. The Balaban J connectivity index is 1.35. The maximum absolute atomic E-state index is 6.44. The fourth-order valence-electron chi connectivity index (χ4n) is 7.16. The second kappa shape index (κ2) is 9.58. The summed E-state index contributed by atoms with van der Waals surface area (Å²) in [6.45, 7) is 0. The average Bonchev–Trinajstić information content (AvgIpc) is 3.43. The Labute approximate surface area is 250 Å². The van der Waals surface area contributed by atoms with E-state index in [-0.39, 0.29) is 0 Å². The van der Waals surface area contributed by atoms with Crippen LogP contribution in [0.5, 0.6) is 0 Å². The van der Waals surface area contributed by atoms with E-state index in [9.17, 15) is 0 Å². The van der Waals surface area contributed by atoms with Gasteiger partial charge in [-0.2, -0.15) is 0 Å². The highest BCUT2D eigenvalue weighted by molar-refractivity contribution is 6.22. The molecule has 1 atom stereocenters. The second-order valence-electron chi connectivity index (χ2n) is 11.6. The predicted octanol–water partition coefficient (Wildman–Crippen LogP) is 11.4. The summed E-state index contributed by atoms with van der Waals surface area (Å²) in [7, 11) is 0. The molecule has 0 fully saturated rings. The molecule has 0 saturated heterocycles. The standard InChI is InChI=1S/C42H28O/c1-3-11-27(12-4-1)31-19-21-35-38(24-31)41(28-13-5-2-6-14-28)33-17-9-10-18-34(33)42(35)32-20-22-39-36(25-32)37-23-29-15-7-8-16-30(29)26-40(37)43-39/h1-25,30H,26H2. The van der Waals surface area contributed by atoms with Gasteiger partial charge in [0, 0.05) is 23.3 Å². The van der Waals surface area contributed by atoms with Crippen molar-refractivity contribution in [3.05, 3.63) is 163 Å². The number of hydrogen-bond acceptors (Lipinski definition) is 1. The van der Waals surface area contributed by atoms with Crippen LogP contribution in [0.4, 0.5) is 0 Å². The lowest BCUT2D eigenvalue weighted by Gasteiger charge is -2.20. The second-order valence-corrected chi connectivity index (χ2v) is 11.6. The molecule has 1 heterocycles. The Hall–Kier alpha value is -5.40. The first kappa shape index (κ1) is 24.2. The van der Waals surface area contributed by atoms with Crippen molar-refractivity contribution in [2.75, 3.05) is 0 Å². The summed E-state index contributed by atoms with van der Waals surface area (Å²) in [6.07, 6.45) is 12.0. The fraction of sp³-hybridized carbons (Fsp3) is 0.0476. The zero-order valence-corrected chi connectivity index (χ0v) is 23.6. The summed E-state index contributed by atoms with van der Waals surface area (Å²) in [4.78, 5) is 0. The van der Waals surface area contributed by atoms with Crippen molar-refractivity contribution in [3.63, 3.8) is 0 Å². The minimum Gasteiger partial charge on any atom is -0.460 e. The number of furan rings is 1. The summed E-state index contributed by atoms with van der Waals surface area (Å²) in [6, 6.07) is 44.1. The van der Waals surface area contributed by atoms with Crippen molar-refractivity contribution in [1.29, 1.82) is 0 Å². The molecule has 0 spiro atoms. The lowest BCUT2D eigenvalue weighted by Crippen LogP contribution is -2.09. The molecule has 0 radical (unpaired) electrons. The Morgan fingerprint density at radius 2 is 1.16 bits per heavy atom. The normalized spacial score (nSPS) is 15.5. The summed E-state index contributed by atoms with van der Waals surface area (Å²) in [5, 5.41) is 6.23. The summed E-state index contributed by atoms with van der Waals surface area (Å²) in [5.41, 5.74) is 11.0. The van der Waals surface area contributed by atoms with Crippen LogP contribution in [0.3, 0.4) is 0 Å². The number of allylic oxidation sites excluding steroid dienone is 5. The Bertz CT molecular complexity index is 2300. The minimum atomic E-state index is 0.398. The van der Waals surface area contributed by atoms with Crippen LogP contribution in [-0.4, -0.2) is 0 Å². The van der Waals surface area contributed by atoms with Gasteiger partial charge in [0.2, 0.25) is 0 Å². The molecule has 9 rings (SSSR count). The van der Waals surface area contributed by atoms with E-state index in [0.29, 0.717) is 5.92 Å². The van der Waals surface area contributed by atoms with Crippen molar-refractivity contribution in [2.45, 2.75) is 6.42 Å². The van der Waals surface area contributed by atoms with Crippen molar-refractivity contribution < 1.29 is 4.42 Å². The first-order chi connectivity index (χ1) is 21.3. The largest absolute Gasteiger partial charge is 0.460 e. The van der Waals surface area contributed by atoms with Gasteiger partial charge in [0.05, 0.1) is 0 Å². The molecule has 0 aliphatic heterocycles. The Kier molecular flexibility index (Phi) is 5.39. The molecule has 202 valence electrons. The zero-order valence-electron chi connectivity index (χ0n) is 23.6. The molecule has 2 aliphatic carbocycles. The third-order valence-corrected chi connectivity index (χ3v) is 9.17. The molecule has 0 N–H and O–H groups in total. The molecule has 1 nitrogen and oxygen atoms in total. The van der Waals surface area contributed by atoms with Gasteiger partial charge in [-0.05, 0) is 84.8 Å². The molecule has 2 aliphatic rings. The smallest absolute Gasteiger partial charge is 0.134 e. The van der Waals surface area contributed by atoms with E-state index in [1.165, 1.54) is 71.4 Å². The van der Waals surface area contributed by atoms with Gasteiger partial charge in [0.25, 0.3) is 0 Å². The lowest BCUT2D eigenvalue weighted by molar-refractivity contribution is 0.521. The summed E-state index contributed by atoms with van der Waals surface area (Å²) < 4.78 is 6.44. The van der Waals surface area contributed by atoms with Gasteiger partial charge in [-0.1, -0.05) is 127 Å². The molecule has 0 bridgehead atoms. The Morgan fingerprint density at radius 3 is 1.95 bits per heavy atom. The van der Waals surface area contributed by atoms with Crippen LogP contribution in [-0.2, 0) is 6.42 Å². The van der Waals surface area contributed by atoms with Crippen LogP contribution in [0.15, 0.2) is 156 Å². The Morgan fingerprint density at radius 1 is 0.512 bits per heavy atom. The highest BCUT2D eigenvalue weighted by atomic mass is 16.3. The van der Waals surface area contributed by atoms with Gasteiger partial charge in [0.15, 0.2) is 0 Å². The number of rotatable bonds is 3. The number of fused-ring (bicyclic) bond motifs is 6. The van der Waals surface area contributed by atoms with Crippen LogP contribution < -0.4 is 0 Å². The summed E-state index contributed by atoms with van der Waals surface area (Å²) >= 11 is 0. The van der Waals surface area contributed by atoms with E-state index < -0.39 is 0 Å². The molecule has 43 heavy (non-hydrogen) atoms. The topological polar surface area (TPSA) is 13.1 Å². The van der Waals surface area contributed by atoms with Crippen molar-refractivity contribution >= 4 is 38.6 Å². The first-order valence-electron chi connectivity index (χ1n) is 15.0. The molecule has 6 aromatic carbocycles. The van der Waals surface area contributed by atoms with Gasteiger partial charge in [-0.25, -0.2) is 0 Å². The van der Waals surface area contributed by atoms with Crippen LogP contribution in [0, 0.1) is 5.92 Å². The van der Waals surface area contributed by atoms with Gasteiger partial charge >= 0.3 is 0 Å². The zero-order chi connectivity index (χ0) is 28.3. The molecule has 1 heteroatoms. The highest BCUT2D eigenvalue weighted by Gasteiger charge is 2.25. The third-order valence-electron chi connectivity index (χ3n) is 9.17. The molecule has 0 saturated carbocycles. The third kappa shape index (κ3) is 3.86. The number of benzene rings is 6. The molecule has 1 aromatic heterocycles. The first-order valence-corrected chi connectivity index (χ1v) is 15.0. The quantitative estimate of drug-likeness (QED) is 0.200. The van der Waals surface area contributed by atoms with E-state index in [0.717, 1.165) is 17.8 Å². The van der Waals surface area contributed by atoms with E-state index >= 15 is 0 Å². The van der Waals surface area contributed by atoms with Gasteiger partial charge in [-0.15, -0.1) is 0 Å². The predicted molar refractivity (Wildman–Crippen MR) is 181 cm³/mol. The molecular weight excluding hydrogens is 520 g/mol. The van der Waals surface area contributed by atoms with Crippen LogP contribution in [0.2, 0.25) is 0 Å². The SMILES string of the molecule is C1=CC2=Cc3c(oc4ccc(-c5c6ccccc6c(-c6ccccc6)c6cc(-c7ccccc7)ccc56)cc34)CC2C=C1. The highest BCUT2D eigenvalue weighted by Crippen LogP contribution is 2.46. The number of hydrogen-bond donors (Lipinski definition) is 0. The van der Waals surface area contributed by atoms with Crippen molar-refractivity contribution in [2.24, 2.45) is 5.92 Å². The minimum absolute atomic E-state index is 0.398. The van der Waals surface area contributed by atoms with Crippen LogP contribution in [0.25, 0.3) is 72.0 Å². The van der Waals surface area contributed by atoms with E-state index in [1.807, 2.05) is 0 Å². The van der Waals surface area contributed by atoms with Gasteiger partial charge < -0.3 is 4.42 Å². The monoisotopic (exact) mass is 548 g/mol. The van der Waals surface area contributed by atoms with Gasteiger partial charge in [0.1, 0.15) is 11.3 Å². The maximum atomic E-state index is 6.44. The van der Waals surface area contributed by atoms with Crippen molar-refractivity contribution in [1.82, 2.24) is 0 Å². The van der Waals surface area contributed by atoms with Crippen molar-refractivity contribution in [3.8, 4) is 33.4 Å². The van der Waals surface area contributed by atoms with Gasteiger partial charge in [-0.3, -0.25) is 0 Å². The fourth-order valence-corrected chi connectivity index (χ4v) is 7.16. The van der Waals surface area contributed by atoms with Crippen LogP contribution >= 0.6 is 0 Å². The molecule has 7 aromatic rings. The molecule has 1 unspecified atom stereocenters. The van der Waals surface area contributed by atoms with E-state index in [2.05, 4.69) is 152 Å². The maximum Gasteiger partial charge on any atom is 0.134 e. The van der Waals surface area contributed by atoms with Crippen LogP contribution in [0.1, 0.15) is 11.3 Å². The van der Waals surface area contributed by atoms with E-state index in [4.69, 9.17) is 4.42 Å². The lowest BCUT2D eigenvalue weighted by atomic mass is 9.83. The summed E-state index contributed by atoms with van der Waals surface area (Å²) in [5.74, 6) is 1.48. The molecular formula is C42H28O.